The van der Waals surface area contributed by atoms with Crippen LogP contribution in [-0.4, -0.2) is 17.9 Å². The third kappa shape index (κ3) is 3.13. The molecule has 0 saturated carbocycles. The average molecular weight is 454 g/mol. The minimum absolute atomic E-state index is 0.238. The van der Waals surface area contributed by atoms with E-state index in [1.54, 1.807) is 71.6 Å². The number of hydrogen-bond donors (Lipinski definition) is 0. The molecule has 0 unspecified atom stereocenters. The second-order valence-electron chi connectivity index (χ2n) is 8.21. The van der Waals surface area contributed by atoms with Gasteiger partial charge in [0.2, 0.25) is 0 Å². The Bertz CT molecular complexity index is 1340. The van der Waals surface area contributed by atoms with Crippen LogP contribution in [0.5, 0.6) is 0 Å². The first-order chi connectivity index (χ1) is 16.0. The van der Waals surface area contributed by atoms with Gasteiger partial charge in [-0.1, -0.05) is 72.3 Å². The summed E-state index contributed by atoms with van der Waals surface area (Å²) in [6.45, 7) is 0. The number of ketones is 1. The normalized spacial score (nSPS) is 22.1. The molecule has 0 aliphatic carbocycles. The lowest BCUT2D eigenvalue weighted by Gasteiger charge is -2.35. The van der Waals surface area contributed by atoms with Gasteiger partial charge in [-0.25, -0.2) is 4.39 Å². The summed E-state index contributed by atoms with van der Waals surface area (Å²) in [6.07, 6.45) is 3.56. The van der Waals surface area contributed by atoms with Crippen molar-refractivity contribution in [1.82, 2.24) is 0 Å². The predicted molar refractivity (Wildman–Crippen MR) is 124 cm³/mol. The van der Waals surface area contributed by atoms with Crippen molar-refractivity contribution in [2.45, 2.75) is 18.0 Å². The first kappa shape index (κ1) is 20.9. The van der Waals surface area contributed by atoms with Crippen molar-refractivity contribution in [1.29, 1.82) is 10.5 Å². The molecule has 160 valence electrons. The maximum Gasteiger partial charge on any atom is 0.185 e. The molecule has 0 amide bonds. The van der Waals surface area contributed by atoms with Crippen molar-refractivity contribution in [3.05, 3.63) is 106 Å². The minimum Gasteiger partial charge on any atom is -0.351 e. The highest BCUT2D eigenvalue weighted by atomic mass is 35.5. The third-order valence-electron chi connectivity index (χ3n) is 6.53. The second-order valence-corrected chi connectivity index (χ2v) is 8.65. The van der Waals surface area contributed by atoms with Crippen molar-refractivity contribution in [3.63, 3.8) is 0 Å². The summed E-state index contributed by atoms with van der Waals surface area (Å²) in [5.41, 5.74) is 0.740. The van der Waals surface area contributed by atoms with Crippen molar-refractivity contribution < 1.29 is 9.18 Å². The van der Waals surface area contributed by atoms with E-state index in [-0.39, 0.29) is 5.78 Å². The first-order valence-electron chi connectivity index (χ1n) is 10.4. The number of anilines is 1. The summed E-state index contributed by atoms with van der Waals surface area (Å²) >= 11 is 6.10. The van der Waals surface area contributed by atoms with E-state index in [1.807, 2.05) is 6.07 Å². The molecule has 0 radical (unpaired) electrons. The highest BCUT2D eigenvalue weighted by Crippen LogP contribution is 2.55. The Labute approximate surface area is 195 Å². The number of carbonyl (C=O) groups is 1. The molecule has 0 N–H and O–H groups in total. The monoisotopic (exact) mass is 453 g/mol. The Morgan fingerprint density at radius 2 is 1.70 bits per heavy atom. The van der Waals surface area contributed by atoms with E-state index in [4.69, 9.17) is 11.6 Å². The molecule has 3 aromatic rings. The fraction of sp³-hybridized carbons (Fsp3) is 0.148. The van der Waals surface area contributed by atoms with Crippen molar-refractivity contribution in [2.75, 3.05) is 4.90 Å². The fourth-order valence-corrected chi connectivity index (χ4v) is 5.19. The van der Waals surface area contributed by atoms with Crippen LogP contribution in [-0.2, 0) is 0 Å². The Kier molecular flexibility index (Phi) is 5.01. The van der Waals surface area contributed by atoms with E-state index in [9.17, 15) is 19.7 Å². The van der Waals surface area contributed by atoms with E-state index >= 15 is 0 Å². The molecule has 0 bridgehead atoms. The topological polar surface area (TPSA) is 67.9 Å². The van der Waals surface area contributed by atoms with Crippen molar-refractivity contribution in [2.24, 2.45) is 5.41 Å². The Hall–Kier alpha value is -3.93. The molecule has 33 heavy (non-hydrogen) atoms. The van der Waals surface area contributed by atoms with E-state index in [0.29, 0.717) is 21.8 Å². The summed E-state index contributed by atoms with van der Waals surface area (Å²) < 4.78 is 14.3. The number of nitrogens with zero attached hydrogens (tertiary/aromatic N) is 3. The lowest BCUT2D eigenvalue weighted by atomic mass is 9.69. The molecule has 3 aromatic carbocycles. The van der Waals surface area contributed by atoms with Crippen LogP contribution in [0.25, 0.3) is 6.08 Å². The van der Waals surface area contributed by atoms with E-state index in [2.05, 4.69) is 12.1 Å². The number of rotatable bonds is 3. The summed E-state index contributed by atoms with van der Waals surface area (Å²) in [7, 11) is 0. The van der Waals surface area contributed by atoms with Gasteiger partial charge >= 0.3 is 0 Å². The molecule has 2 aliphatic rings. The second kappa shape index (κ2) is 7.89. The average Bonchev–Trinajstić information content (AvgIpc) is 3.15. The molecule has 5 rings (SSSR count). The zero-order chi connectivity index (χ0) is 23.2. The lowest BCUT2D eigenvalue weighted by Crippen LogP contribution is -2.44. The maximum absolute atomic E-state index is 14.3. The van der Waals surface area contributed by atoms with Crippen LogP contribution < -0.4 is 4.90 Å². The van der Waals surface area contributed by atoms with Crippen LogP contribution in [0.2, 0.25) is 5.02 Å². The van der Waals surface area contributed by atoms with E-state index < -0.39 is 29.2 Å². The number of Topliss-reactive ketones (excluding diaryl/α,β-unsaturated/α-hetero) is 1. The van der Waals surface area contributed by atoms with Crippen molar-refractivity contribution in [3.8, 4) is 12.1 Å². The summed E-state index contributed by atoms with van der Waals surface area (Å²) in [4.78, 5) is 15.7. The first-order valence-corrected chi connectivity index (χ1v) is 10.8. The fourth-order valence-electron chi connectivity index (χ4n) is 5.07. The van der Waals surface area contributed by atoms with Crippen LogP contribution in [0.1, 0.15) is 27.4 Å². The number of nitriles is 2. The predicted octanol–water partition coefficient (Wildman–Crippen LogP) is 5.76. The molecule has 2 heterocycles. The molecule has 4 nitrogen and oxygen atoms in total. The molecular formula is C27H17ClFN3O. The zero-order valence-corrected chi connectivity index (χ0v) is 18.1. The number of benzene rings is 3. The van der Waals surface area contributed by atoms with Gasteiger partial charge < -0.3 is 4.90 Å². The largest absolute Gasteiger partial charge is 0.351 e. The molecule has 1 saturated heterocycles. The van der Waals surface area contributed by atoms with Gasteiger partial charge in [0, 0.05) is 22.2 Å². The quantitative estimate of drug-likeness (QED) is 0.472. The molecule has 0 aromatic heterocycles. The van der Waals surface area contributed by atoms with Gasteiger partial charge in [0.05, 0.1) is 18.2 Å². The number of halogens is 2. The van der Waals surface area contributed by atoms with E-state index in [0.717, 1.165) is 5.56 Å². The standard InChI is InChI=1S/C27H17ClFN3O/c28-20-10-6-18(7-11-20)24-25(26(33)19-4-2-1-3-5-19)32-22-14-21(29)12-8-17(22)9-13-23(32)27(24,15-30)16-31/h1-14,23-25H/t23-,24+,25-/m1/s1. The summed E-state index contributed by atoms with van der Waals surface area (Å²) in [5.74, 6) is -1.48. The number of fused-ring (bicyclic) bond motifs is 3. The molecule has 6 heteroatoms. The molecule has 0 spiro atoms. The Morgan fingerprint density at radius 3 is 2.36 bits per heavy atom. The number of carbonyl (C=O) groups excluding carboxylic acids is 1. The van der Waals surface area contributed by atoms with Crippen LogP contribution in [0.15, 0.2) is 78.9 Å². The molecule has 3 atom stereocenters. The van der Waals surface area contributed by atoms with Gasteiger partial charge in [0.25, 0.3) is 0 Å². The van der Waals surface area contributed by atoms with Gasteiger partial charge in [0.1, 0.15) is 11.9 Å². The summed E-state index contributed by atoms with van der Waals surface area (Å²) in [6, 6.07) is 22.8. The van der Waals surface area contributed by atoms with E-state index in [1.165, 1.54) is 12.1 Å². The van der Waals surface area contributed by atoms with Gasteiger partial charge in [0.15, 0.2) is 11.2 Å². The highest BCUT2D eigenvalue weighted by molar-refractivity contribution is 6.30. The third-order valence-corrected chi connectivity index (χ3v) is 6.78. The van der Waals surface area contributed by atoms with Crippen LogP contribution in [0.4, 0.5) is 10.1 Å². The summed E-state index contributed by atoms with van der Waals surface area (Å²) in [5, 5.41) is 21.2. The zero-order valence-electron chi connectivity index (χ0n) is 17.3. The Morgan fingerprint density at radius 1 is 1.00 bits per heavy atom. The van der Waals surface area contributed by atoms with Crippen LogP contribution >= 0.6 is 11.6 Å². The van der Waals surface area contributed by atoms with Gasteiger partial charge in [-0.2, -0.15) is 10.5 Å². The molecule has 1 fully saturated rings. The SMILES string of the molecule is N#CC1(C#N)[C@@H](c2ccc(Cl)cc2)[C@H](C(=O)c2ccccc2)N2c3cc(F)ccc3C=C[C@@H]21. The van der Waals surface area contributed by atoms with Crippen LogP contribution in [0.3, 0.4) is 0 Å². The lowest BCUT2D eigenvalue weighted by molar-refractivity contribution is 0.0951. The minimum atomic E-state index is -1.58. The van der Waals surface area contributed by atoms with Crippen LogP contribution in [0, 0.1) is 33.9 Å². The molecular weight excluding hydrogens is 437 g/mol. The van der Waals surface area contributed by atoms with Gasteiger partial charge in [-0.05, 0) is 35.4 Å². The Balaban J connectivity index is 1.80. The van der Waals surface area contributed by atoms with Crippen molar-refractivity contribution >= 4 is 29.1 Å². The van der Waals surface area contributed by atoms with Gasteiger partial charge in [-0.15, -0.1) is 0 Å². The van der Waals surface area contributed by atoms with Gasteiger partial charge in [-0.3, -0.25) is 4.79 Å². The number of hydrogen-bond acceptors (Lipinski definition) is 4. The smallest absolute Gasteiger partial charge is 0.185 e. The maximum atomic E-state index is 14.3. The highest BCUT2D eigenvalue weighted by Gasteiger charge is 2.63. The molecule has 2 aliphatic heterocycles.